The molecule has 0 aliphatic rings. The van der Waals surface area contributed by atoms with Crippen LogP contribution in [0.3, 0.4) is 0 Å². The van der Waals surface area contributed by atoms with Crippen molar-refractivity contribution in [1.29, 1.82) is 0 Å². The number of hydrogen-bond acceptors (Lipinski definition) is 0. The molecule has 0 amide bonds. The van der Waals surface area contributed by atoms with Crippen LogP contribution in [-0.4, -0.2) is 0 Å². The summed E-state index contributed by atoms with van der Waals surface area (Å²) in [6.07, 6.45) is 0. The Morgan fingerprint density at radius 1 is 1.30 bits per heavy atom. The molecule has 51 valence electrons. The Balaban J connectivity index is 3.14. The second-order valence-electron chi connectivity index (χ2n) is 2.54. The van der Waals surface area contributed by atoms with Gasteiger partial charge in [-0.05, 0) is 0 Å². The average molecular weight is 167 g/mol. The van der Waals surface area contributed by atoms with Crippen LogP contribution in [0.4, 0.5) is 0 Å². The molecule has 1 aromatic carbocycles. The van der Waals surface area contributed by atoms with Gasteiger partial charge in [0.25, 0.3) is 0 Å². The Labute approximate surface area is 74.1 Å². The topological polar surface area (TPSA) is 0 Å². The summed E-state index contributed by atoms with van der Waals surface area (Å²) >= 11 is 2.20. The van der Waals surface area contributed by atoms with E-state index in [2.05, 4.69) is 52.5 Å². The SMILES string of the molecule is Cc1cccc([CH2][Ti])c1C. The molecule has 0 radical (unpaired) electrons. The molecule has 0 aliphatic carbocycles. The second-order valence-corrected chi connectivity index (χ2v) is 3.09. The van der Waals surface area contributed by atoms with Crippen LogP contribution in [0.5, 0.6) is 0 Å². The van der Waals surface area contributed by atoms with Crippen molar-refractivity contribution < 1.29 is 20.4 Å². The van der Waals surface area contributed by atoms with Gasteiger partial charge in [-0.2, -0.15) is 0 Å². The van der Waals surface area contributed by atoms with Crippen LogP contribution in [0.1, 0.15) is 16.7 Å². The third-order valence-corrected chi connectivity index (χ3v) is 2.50. The predicted molar refractivity (Wildman–Crippen MR) is 39.6 cm³/mol. The monoisotopic (exact) mass is 167 g/mol. The van der Waals surface area contributed by atoms with E-state index in [1.54, 1.807) is 0 Å². The van der Waals surface area contributed by atoms with Crippen molar-refractivity contribution in [2.24, 2.45) is 0 Å². The fourth-order valence-corrected chi connectivity index (χ4v) is 1.60. The van der Waals surface area contributed by atoms with Crippen molar-refractivity contribution in [3.63, 3.8) is 0 Å². The van der Waals surface area contributed by atoms with E-state index in [-0.39, 0.29) is 0 Å². The van der Waals surface area contributed by atoms with Crippen molar-refractivity contribution in [1.82, 2.24) is 0 Å². The van der Waals surface area contributed by atoms with Crippen molar-refractivity contribution >= 4 is 0 Å². The van der Waals surface area contributed by atoms with E-state index in [9.17, 15) is 0 Å². The van der Waals surface area contributed by atoms with E-state index < -0.39 is 0 Å². The first-order chi connectivity index (χ1) is 4.75. The van der Waals surface area contributed by atoms with Gasteiger partial charge in [-0.1, -0.05) is 0 Å². The Hall–Kier alpha value is -0.0657. The average Bonchev–Trinajstić information content (AvgIpc) is 1.95. The quantitative estimate of drug-likeness (QED) is 0.563. The first-order valence-corrected chi connectivity index (χ1v) is 4.56. The summed E-state index contributed by atoms with van der Waals surface area (Å²) in [6, 6.07) is 6.48. The van der Waals surface area contributed by atoms with Crippen molar-refractivity contribution in [3.05, 3.63) is 34.9 Å². The van der Waals surface area contributed by atoms with Crippen LogP contribution in [-0.2, 0) is 25.2 Å². The van der Waals surface area contributed by atoms with E-state index in [0.717, 1.165) is 4.73 Å². The molecule has 0 fully saturated rings. The van der Waals surface area contributed by atoms with Gasteiger partial charge in [0.1, 0.15) is 0 Å². The molecule has 0 heterocycles. The third kappa shape index (κ3) is 1.50. The van der Waals surface area contributed by atoms with E-state index >= 15 is 0 Å². The molecular formula is C9H11Ti. The summed E-state index contributed by atoms with van der Waals surface area (Å²) in [7, 11) is 0. The summed E-state index contributed by atoms with van der Waals surface area (Å²) in [5, 5.41) is 0. The molecule has 1 rings (SSSR count). The van der Waals surface area contributed by atoms with Crippen molar-refractivity contribution in [2.45, 2.75) is 18.6 Å². The van der Waals surface area contributed by atoms with E-state index in [0.29, 0.717) is 0 Å². The fourth-order valence-electron chi connectivity index (χ4n) is 1.00. The third-order valence-electron chi connectivity index (χ3n) is 1.91. The van der Waals surface area contributed by atoms with Crippen LogP contribution >= 0.6 is 0 Å². The van der Waals surface area contributed by atoms with Crippen LogP contribution in [0.15, 0.2) is 18.2 Å². The maximum atomic E-state index is 2.20. The molecule has 0 aromatic heterocycles. The summed E-state index contributed by atoms with van der Waals surface area (Å²) in [5.41, 5.74) is 4.32. The number of rotatable bonds is 1. The molecule has 0 bridgehead atoms. The number of aryl methyl sites for hydroxylation is 1. The van der Waals surface area contributed by atoms with E-state index in [1.807, 2.05) is 0 Å². The Bertz CT molecular complexity index is 228. The van der Waals surface area contributed by atoms with Gasteiger partial charge < -0.3 is 0 Å². The summed E-state index contributed by atoms with van der Waals surface area (Å²) < 4.78 is 1.15. The van der Waals surface area contributed by atoms with Gasteiger partial charge in [0.2, 0.25) is 0 Å². The molecule has 0 unspecified atom stereocenters. The minimum atomic E-state index is 1.15. The van der Waals surface area contributed by atoms with Gasteiger partial charge in [0, 0.05) is 0 Å². The summed E-state index contributed by atoms with van der Waals surface area (Å²) in [6.45, 7) is 4.35. The summed E-state index contributed by atoms with van der Waals surface area (Å²) in [5.74, 6) is 0. The molecule has 10 heavy (non-hydrogen) atoms. The molecule has 0 saturated carbocycles. The van der Waals surface area contributed by atoms with Gasteiger partial charge in [-0.15, -0.1) is 0 Å². The molecule has 0 atom stereocenters. The summed E-state index contributed by atoms with van der Waals surface area (Å²) in [4.78, 5) is 0. The number of benzene rings is 1. The normalized spacial score (nSPS) is 9.70. The van der Waals surface area contributed by atoms with Gasteiger partial charge in [-0.3, -0.25) is 0 Å². The van der Waals surface area contributed by atoms with Crippen LogP contribution in [0, 0.1) is 13.8 Å². The molecule has 0 spiro atoms. The molecule has 0 saturated heterocycles. The predicted octanol–water partition coefficient (Wildman–Crippen LogP) is 2.35. The van der Waals surface area contributed by atoms with Crippen LogP contribution in [0.25, 0.3) is 0 Å². The Morgan fingerprint density at radius 3 is 2.50 bits per heavy atom. The fraction of sp³-hybridized carbons (Fsp3) is 0.333. The number of hydrogen-bond donors (Lipinski definition) is 0. The second kappa shape index (κ2) is 3.36. The van der Waals surface area contributed by atoms with Crippen molar-refractivity contribution in [3.8, 4) is 0 Å². The minimum absolute atomic E-state index is 1.15. The first kappa shape index (κ1) is 8.03. The Morgan fingerprint density at radius 2 is 2.00 bits per heavy atom. The van der Waals surface area contributed by atoms with Gasteiger partial charge in [0.05, 0.1) is 0 Å². The maximum absolute atomic E-state index is 2.20. The first-order valence-electron chi connectivity index (χ1n) is 3.45. The van der Waals surface area contributed by atoms with Gasteiger partial charge >= 0.3 is 73.9 Å². The van der Waals surface area contributed by atoms with E-state index in [4.69, 9.17) is 0 Å². The molecule has 0 N–H and O–H groups in total. The zero-order valence-corrected chi connectivity index (χ0v) is 8.00. The molecular weight excluding hydrogens is 156 g/mol. The zero-order valence-electron chi connectivity index (χ0n) is 6.44. The van der Waals surface area contributed by atoms with E-state index in [1.165, 1.54) is 16.7 Å². The van der Waals surface area contributed by atoms with Gasteiger partial charge in [-0.25, -0.2) is 0 Å². The van der Waals surface area contributed by atoms with Crippen LogP contribution < -0.4 is 0 Å². The van der Waals surface area contributed by atoms with Gasteiger partial charge in [0.15, 0.2) is 0 Å². The molecule has 0 aliphatic heterocycles. The Kier molecular flexibility index (Phi) is 2.70. The van der Waals surface area contributed by atoms with Crippen molar-refractivity contribution in [2.75, 3.05) is 0 Å². The molecule has 1 heteroatoms. The van der Waals surface area contributed by atoms with Crippen LogP contribution in [0.2, 0.25) is 0 Å². The molecule has 1 aromatic rings. The molecule has 0 nitrogen and oxygen atoms in total. The standard InChI is InChI=1S/C9H11.Ti/c1-7-5-4-6-8(2)9(7)3;/h4-6H,1H2,2-3H3;. The zero-order chi connectivity index (χ0) is 7.56.